The number of rotatable bonds is 7. The van der Waals surface area contributed by atoms with Crippen molar-refractivity contribution in [3.8, 4) is 11.5 Å². The minimum absolute atomic E-state index is 0.0273. The number of carbonyl (C=O) groups is 2. The molecule has 0 bridgehead atoms. The van der Waals surface area contributed by atoms with Crippen LogP contribution < -0.4 is 14.8 Å². The number of anilines is 1. The van der Waals surface area contributed by atoms with Gasteiger partial charge in [-0.05, 0) is 43.7 Å². The molecule has 0 saturated carbocycles. The monoisotopic (exact) mass is 377 g/mol. The van der Waals surface area contributed by atoms with Crippen molar-refractivity contribution >= 4 is 29.2 Å². The van der Waals surface area contributed by atoms with E-state index < -0.39 is 11.9 Å². The predicted octanol–water partition coefficient (Wildman–Crippen LogP) is 4.48. The SMILES string of the molecule is CC[C@@H](C)Oc1cccc(C(=O)Nc2cc(C(=O)O)cc(Cl)c2OC)c1. The smallest absolute Gasteiger partial charge is 0.335 e. The van der Waals surface area contributed by atoms with Crippen molar-refractivity contribution in [1.82, 2.24) is 0 Å². The number of carbonyl (C=O) groups excluding carboxylic acids is 1. The van der Waals surface area contributed by atoms with Crippen molar-refractivity contribution in [1.29, 1.82) is 0 Å². The van der Waals surface area contributed by atoms with E-state index >= 15 is 0 Å². The highest BCUT2D eigenvalue weighted by Gasteiger charge is 2.17. The Morgan fingerprint density at radius 1 is 1.23 bits per heavy atom. The molecular weight excluding hydrogens is 358 g/mol. The van der Waals surface area contributed by atoms with Crippen LogP contribution in [0.2, 0.25) is 5.02 Å². The molecule has 0 spiro atoms. The summed E-state index contributed by atoms with van der Waals surface area (Å²) in [7, 11) is 1.39. The van der Waals surface area contributed by atoms with E-state index in [0.29, 0.717) is 11.3 Å². The standard InChI is InChI=1S/C19H20ClNO5/c1-4-11(2)26-14-7-5-6-12(8-14)18(22)21-16-10-13(19(23)24)9-15(20)17(16)25-3/h5-11H,4H2,1-3H3,(H,21,22)(H,23,24)/t11-/m1/s1. The van der Waals surface area contributed by atoms with Gasteiger partial charge >= 0.3 is 5.97 Å². The first-order chi connectivity index (χ1) is 12.3. The Morgan fingerprint density at radius 2 is 1.96 bits per heavy atom. The molecule has 0 aliphatic carbocycles. The van der Waals surface area contributed by atoms with Crippen molar-refractivity contribution in [3.05, 3.63) is 52.5 Å². The Labute approximate surface area is 156 Å². The highest BCUT2D eigenvalue weighted by Crippen LogP contribution is 2.34. The molecule has 0 aliphatic rings. The summed E-state index contributed by atoms with van der Waals surface area (Å²) in [6, 6.07) is 9.30. The van der Waals surface area contributed by atoms with Gasteiger partial charge in [0.25, 0.3) is 5.91 Å². The third kappa shape index (κ3) is 4.67. The topological polar surface area (TPSA) is 84.9 Å². The number of amides is 1. The van der Waals surface area contributed by atoms with E-state index in [2.05, 4.69) is 5.32 Å². The van der Waals surface area contributed by atoms with Crippen molar-refractivity contribution in [2.75, 3.05) is 12.4 Å². The highest BCUT2D eigenvalue weighted by molar-refractivity contribution is 6.33. The van der Waals surface area contributed by atoms with Crippen LogP contribution in [0.15, 0.2) is 36.4 Å². The van der Waals surface area contributed by atoms with Crippen LogP contribution in [0.1, 0.15) is 41.0 Å². The summed E-state index contributed by atoms with van der Waals surface area (Å²) >= 11 is 6.05. The van der Waals surface area contributed by atoms with Crippen molar-refractivity contribution in [2.24, 2.45) is 0 Å². The number of benzene rings is 2. The van der Waals surface area contributed by atoms with Crippen LogP contribution in [0.25, 0.3) is 0 Å². The van der Waals surface area contributed by atoms with Crippen LogP contribution in [-0.4, -0.2) is 30.2 Å². The minimum atomic E-state index is -1.16. The molecule has 138 valence electrons. The zero-order valence-corrected chi connectivity index (χ0v) is 15.5. The van der Waals surface area contributed by atoms with Crippen molar-refractivity contribution < 1.29 is 24.2 Å². The lowest BCUT2D eigenvalue weighted by atomic mass is 10.1. The lowest BCUT2D eigenvalue weighted by Gasteiger charge is -2.15. The molecule has 2 aromatic carbocycles. The number of aromatic carboxylic acids is 1. The number of halogens is 1. The third-order valence-electron chi connectivity index (χ3n) is 3.75. The molecule has 2 rings (SSSR count). The van der Waals surface area contributed by atoms with Crippen LogP contribution >= 0.6 is 11.6 Å². The molecule has 0 aromatic heterocycles. The maximum atomic E-state index is 12.6. The van der Waals surface area contributed by atoms with Gasteiger partial charge in [-0.15, -0.1) is 0 Å². The van der Waals surface area contributed by atoms with E-state index in [-0.39, 0.29) is 28.1 Å². The summed E-state index contributed by atoms with van der Waals surface area (Å²) in [6.45, 7) is 3.95. The van der Waals surface area contributed by atoms with Crippen LogP contribution in [0, 0.1) is 0 Å². The molecule has 2 aromatic rings. The number of hydrogen-bond donors (Lipinski definition) is 2. The van der Waals surface area contributed by atoms with Gasteiger partial charge in [-0.1, -0.05) is 24.6 Å². The van der Waals surface area contributed by atoms with E-state index in [1.54, 1.807) is 24.3 Å². The first-order valence-corrected chi connectivity index (χ1v) is 8.42. The van der Waals surface area contributed by atoms with Crippen molar-refractivity contribution in [3.63, 3.8) is 0 Å². The number of methoxy groups -OCH3 is 1. The van der Waals surface area contributed by atoms with Gasteiger partial charge in [0.05, 0.1) is 29.5 Å². The first kappa shape index (κ1) is 19.6. The Kier molecular flexibility index (Phi) is 6.46. The number of ether oxygens (including phenoxy) is 2. The molecule has 0 fully saturated rings. The second-order valence-electron chi connectivity index (χ2n) is 5.66. The molecule has 2 N–H and O–H groups in total. The van der Waals surface area contributed by atoms with Crippen LogP contribution in [0.4, 0.5) is 5.69 Å². The van der Waals surface area contributed by atoms with Crippen LogP contribution in [0.5, 0.6) is 11.5 Å². The lowest BCUT2D eigenvalue weighted by Crippen LogP contribution is -2.14. The Balaban J connectivity index is 2.30. The number of nitrogens with one attached hydrogen (secondary N) is 1. The quantitative estimate of drug-likeness (QED) is 0.743. The Bertz CT molecular complexity index is 822. The van der Waals surface area contributed by atoms with Gasteiger partial charge in [-0.2, -0.15) is 0 Å². The summed E-state index contributed by atoms with van der Waals surface area (Å²) in [4.78, 5) is 23.8. The average Bonchev–Trinajstić information content (AvgIpc) is 2.61. The fourth-order valence-corrected chi connectivity index (χ4v) is 2.53. The zero-order chi connectivity index (χ0) is 19.3. The van der Waals surface area contributed by atoms with E-state index in [1.165, 1.54) is 19.2 Å². The number of hydrogen-bond acceptors (Lipinski definition) is 4. The maximum absolute atomic E-state index is 12.6. The molecule has 0 aliphatic heterocycles. The third-order valence-corrected chi connectivity index (χ3v) is 4.03. The fourth-order valence-electron chi connectivity index (χ4n) is 2.24. The first-order valence-electron chi connectivity index (χ1n) is 8.04. The van der Waals surface area contributed by atoms with Gasteiger partial charge < -0.3 is 19.9 Å². The van der Waals surface area contributed by atoms with E-state index in [4.69, 9.17) is 26.2 Å². The molecule has 6 nitrogen and oxygen atoms in total. The average molecular weight is 378 g/mol. The number of carboxylic acid groups (broad SMARTS) is 1. The predicted molar refractivity (Wildman–Crippen MR) is 99.7 cm³/mol. The van der Waals surface area contributed by atoms with E-state index in [0.717, 1.165) is 6.42 Å². The normalized spacial score (nSPS) is 11.5. The maximum Gasteiger partial charge on any atom is 0.335 e. The highest BCUT2D eigenvalue weighted by atomic mass is 35.5. The molecule has 7 heteroatoms. The fraction of sp³-hybridized carbons (Fsp3) is 0.263. The van der Waals surface area contributed by atoms with Gasteiger partial charge in [0.1, 0.15) is 5.75 Å². The van der Waals surface area contributed by atoms with Gasteiger partial charge in [0.2, 0.25) is 0 Å². The largest absolute Gasteiger partial charge is 0.493 e. The molecular formula is C19H20ClNO5. The van der Waals surface area contributed by atoms with Gasteiger partial charge in [-0.25, -0.2) is 4.79 Å². The molecule has 0 heterocycles. The van der Waals surface area contributed by atoms with Gasteiger partial charge in [0.15, 0.2) is 5.75 Å². The summed E-state index contributed by atoms with van der Waals surface area (Å²) in [5.74, 6) is -0.821. The number of carboxylic acids is 1. The summed E-state index contributed by atoms with van der Waals surface area (Å²) in [5, 5.41) is 11.9. The molecule has 0 unspecified atom stereocenters. The minimum Gasteiger partial charge on any atom is -0.493 e. The summed E-state index contributed by atoms with van der Waals surface area (Å²) < 4.78 is 10.9. The zero-order valence-electron chi connectivity index (χ0n) is 14.7. The Morgan fingerprint density at radius 3 is 2.58 bits per heavy atom. The molecule has 26 heavy (non-hydrogen) atoms. The molecule has 1 atom stereocenters. The molecule has 0 radical (unpaired) electrons. The van der Waals surface area contributed by atoms with E-state index in [9.17, 15) is 9.59 Å². The van der Waals surface area contributed by atoms with Crippen LogP contribution in [-0.2, 0) is 0 Å². The summed E-state index contributed by atoms with van der Waals surface area (Å²) in [5.41, 5.74) is 0.486. The van der Waals surface area contributed by atoms with Crippen LogP contribution in [0.3, 0.4) is 0 Å². The van der Waals surface area contributed by atoms with Gasteiger partial charge in [0, 0.05) is 5.56 Å². The van der Waals surface area contributed by atoms with E-state index in [1.807, 2.05) is 13.8 Å². The second kappa shape index (κ2) is 8.58. The Hall–Kier alpha value is -2.73. The molecule has 1 amide bonds. The second-order valence-corrected chi connectivity index (χ2v) is 6.07. The lowest BCUT2D eigenvalue weighted by molar-refractivity contribution is 0.0696. The van der Waals surface area contributed by atoms with Crippen molar-refractivity contribution in [2.45, 2.75) is 26.4 Å². The summed E-state index contributed by atoms with van der Waals surface area (Å²) in [6.07, 6.45) is 0.869. The van der Waals surface area contributed by atoms with Gasteiger partial charge in [-0.3, -0.25) is 4.79 Å². The molecule has 0 saturated heterocycles.